The highest BCUT2D eigenvalue weighted by Crippen LogP contribution is 2.32. The zero-order valence-electron chi connectivity index (χ0n) is 10.9. The topological polar surface area (TPSA) is 84.3 Å². The lowest BCUT2D eigenvalue weighted by molar-refractivity contribution is -0.0911. The van der Waals surface area contributed by atoms with E-state index in [-0.39, 0.29) is 13.2 Å². The van der Waals surface area contributed by atoms with Crippen molar-refractivity contribution in [2.75, 3.05) is 13.2 Å². The molecule has 0 amide bonds. The average molecular weight is 268 g/mol. The van der Waals surface area contributed by atoms with Crippen molar-refractivity contribution in [3.05, 3.63) is 33.1 Å². The predicted molar refractivity (Wildman–Crippen MR) is 70.2 cm³/mol. The van der Waals surface area contributed by atoms with Crippen LogP contribution in [0.2, 0.25) is 0 Å². The molecule has 2 N–H and O–H groups in total. The molecule has 0 aromatic carbocycles. The number of nitrogens with zero attached hydrogens (tertiary/aromatic N) is 1. The molecule has 1 aromatic heterocycles. The van der Waals surface area contributed by atoms with Crippen molar-refractivity contribution in [2.24, 2.45) is 0 Å². The van der Waals surface area contributed by atoms with Gasteiger partial charge in [-0.3, -0.25) is 14.3 Å². The quantitative estimate of drug-likeness (QED) is 0.801. The van der Waals surface area contributed by atoms with Crippen molar-refractivity contribution in [3.8, 4) is 0 Å². The van der Waals surface area contributed by atoms with Gasteiger partial charge < -0.3 is 9.84 Å². The molecule has 1 saturated carbocycles. The van der Waals surface area contributed by atoms with E-state index in [4.69, 9.17) is 9.84 Å². The third-order valence-corrected chi connectivity index (χ3v) is 3.62. The van der Waals surface area contributed by atoms with E-state index in [9.17, 15) is 9.59 Å². The van der Waals surface area contributed by atoms with Crippen LogP contribution in [0.25, 0.3) is 0 Å². The standard InChI is InChI=1S/C13H20N2O4/c16-8-9-19-13(5-2-1-3-6-13)10-15-7-4-11(17)14-12(15)18/h4,7,16H,1-3,5-6,8-10H2,(H,14,17,18). The van der Waals surface area contributed by atoms with Gasteiger partial charge in [-0.1, -0.05) is 19.3 Å². The summed E-state index contributed by atoms with van der Waals surface area (Å²) in [4.78, 5) is 25.0. The third kappa shape index (κ3) is 3.54. The van der Waals surface area contributed by atoms with Crippen molar-refractivity contribution in [3.63, 3.8) is 0 Å². The van der Waals surface area contributed by atoms with Gasteiger partial charge in [0.25, 0.3) is 5.56 Å². The molecule has 2 rings (SSSR count). The maximum atomic E-state index is 11.7. The number of aromatic amines is 1. The second-order valence-electron chi connectivity index (χ2n) is 5.05. The number of H-pyrrole nitrogens is 1. The first-order chi connectivity index (χ1) is 9.15. The lowest BCUT2D eigenvalue weighted by atomic mass is 9.84. The van der Waals surface area contributed by atoms with Crippen LogP contribution in [0.5, 0.6) is 0 Å². The van der Waals surface area contributed by atoms with Crippen LogP contribution in [0, 0.1) is 0 Å². The minimum atomic E-state index is -0.412. The SMILES string of the molecule is O=c1ccn(CC2(OCCO)CCCCC2)c(=O)[nH]1. The molecule has 0 unspecified atom stereocenters. The Morgan fingerprint density at radius 3 is 2.68 bits per heavy atom. The fourth-order valence-corrected chi connectivity index (χ4v) is 2.69. The molecule has 0 spiro atoms. The van der Waals surface area contributed by atoms with Crippen molar-refractivity contribution in [1.82, 2.24) is 9.55 Å². The van der Waals surface area contributed by atoms with Gasteiger partial charge in [0.15, 0.2) is 0 Å². The molecule has 106 valence electrons. The number of rotatable bonds is 5. The van der Waals surface area contributed by atoms with Gasteiger partial charge >= 0.3 is 5.69 Å². The lowest BCUT2D eigenvalue weighted by Gasteiger charge is -2.37. The maximum absolute atomic E-state index is 11.7. The molecule has 0 bridgehead atoms. The summed E-state index contributed by atoms with van der Waals surface area (Å²) in [6.45, 7) is 0.670. The van der Waals surface area contributed by atoms with Gasteiger partial charge in [0, 0.05) is 12.3 Å². The second kappa shape index (κ2) is 6.16. The first-order valence-corrected chi connectivity index (χ1v) is 6.70. The number of hydrogen-bond acceptors (Lipinski definition) is 4. The fourth-order valence-electron chi connectivity index (χ4n) is 2.69. The number of hydrogen-bond donors (Lipinski definition) is 2. The largest absolute Gasteiger partial charge is 0.394 e. The molecule has 0 saturated heterocycles. The predicted octanol–water partition coefficient (Wildman–Crippen LogP) is 0.248. The van der Waals surface area contributed by atoms with Crippen molar-refractivity contribution in [1.29, 1.82) is 0 Å². The molecule has 1 fully saturated rings. The van der Waals surface area contributed by atoms with Crippen LogP contribution >= 0.6 is 0 Å². The Morgan fingerprint density at radius 2 is 2.05 bits per heavy atom. The number of aliphatic hydroxyl groups excluding tert-OH is 1. The van der Waals surface area contributed by atoms with Gasteiger partial charge in [-0.15, -0.1) is 0 Å². The van der Waals surface area contributed by atoms with E-state index < -0.39 is 16.9 Å². The summed E-state index contributed by atoms with van der Waals surface area (Å²) in [5.74, 6) is 0. The maximum Gasteiger partial charge on any atom is 0.328 e. The summed E-state index contributed by atoms with van der Waals surface area (Å²) in [6, 6.07) is 1.34. The van der Waals surface area contributed by atoms with E-state index in [2.05, 4.69) is 4.98 Å². The van der Waals surface area contributed by atoms with Gasteiger partial charge in [0.1, 0.15) is 0 Å². The number of aliphatic hydroxyl groups is 1. The van der Waals surface area contributed by atoms with Crippen LogP contribution in [0.4, 0.5) is 0 Å². The van der Waals surface area contributed by atoms with Crippen molar-refractivity contribution in [2.45, 2.75) is 44.2 Å². The first kappa shape index (κ1) is 14.0. The van der Waals surface area contributed by atoms with Gasteiger partial charge in [0.05, 0.1) is 25.4 Å². The van der Waals surface area contributed by atoms with Gasteiger partial charge in [0.2, 0.25) is 0 Å². The number of ether oxygens (including phenoxy) is 1. The van der Waals surface area contributed by atoms with Crippen LogP contribution in [0.1, 0.15) is 32.1 Å². The molecule has 6 nitrogen and oxygen atoms in total. The summed E-state index contributed by atoms with van der Waals surface area (Å²) < 4.78 is 7.28. The highest BCUT2D eigenvalue weighted by Gasteiger charge is 2.33. The Balaban J connectivity index is 2.19. The summed E-state index contributed by atoms with van der Waals surface area (Å²) in [7, 11) is 0. The average Bonchev–Trinajstić information content (AvgIpc) is 2.41. The van der Waals surface area contributed by atoms with Gasteiger partial charge in [-0.05, 0) is 12.8 Å². The molecule has 1 aliphatic rings. The minimum absolute atomic E-state index is 0.0255. The Hall–Kier alpha value is -1.40. The molecule has 0 radical (unpaired) electrons. The normalized spacial score (nSPS) is 18.4. The van der Waals surface area contributed by atoms with Crippen LogP contribution in [0.15, 0.2) is 21.9 Å². The third-order valence-electron chi connectivity index (χ3n) is 3.62. The first-order valence-electron chi connectivity index (χ1n) is 6.70. The van der Waals surface area contributed by atoms with Crippen LogP contribution in [0.3, 0.4) is 0 Å². The molecule has 1 heterocycles. The monoisotopic (exact) mass is 268 g/mol. The van der Waals surface area contributed by atoms with E-state index in [1.54, 1.807) is 0 Å². The minimum Gasteiger partial charge on any atom is -0.394 e. The van der Waals surface area contributed by atoms with Crippen LogP contribution < -0.4 is 11.2 Å². The zero-order chi connectivity index (χ0) is 13.7. The molecule has 1 aromatic rings. The van der Waals surface area contributed by atoms with Crippen LogP contribution in [-0.4, -0.2) is 33.5 Å². The smallest absolute Gasteiger partial charge is 0.328 e. The molecular weight excluding hydrogens is 248 g/mol. The molecule has 0 aliphatic heterocycles. The van der Waals surface area contributed by atoms with E-state index >= 15 is 0 Å². The van der Waals surface area contributed by atoms with Crippen molar-refractivity contribution < 1.29 is 9.84 Å². The fraction of sp³-hybridized carbons (Fsp3) is 0.692. The number of aromatic nitrogens is 2. The molecule has 19 heavy (non-hydrogen) atoms. The lowest BCUT2D eigenvalue weighted by Crippen LogP contribution is -2.44. The Bertz CT molecular complexity index is 514. The highest BCUT2D eigenvalue weighted by atomic mass is 16.5. The Labute approximate surface area is 111 Å². The zero-order valence-corrected chi connectivity index (χ0v) is 10.9. The Morgan fingerprint density at radius 1 is 1.32 bits per heavy atom. The van der Waals surface area contributed by atoms with E-state index in [1.807, 2.05) is 0 Å². The van der Waals surface area contributed by atoms with Gasteiger partial charge in [-0.2, -0.15) is 0 Å². The highest BCUT2D eigenvalue weighted by molar-refractivity contribution is 4.89. The molecule has 0 atom stereocenters. The van der Waals surface area contributed by atoms with E-state index in [0.717, 1.165) is 25.7 Å². The van der Waals surface area contributed by atoms with Crippen LogP contribution in [-0.2, 0) is 11.3 Å². The van der Waals surface area contributed by atoms with Gasteiger partial charge in [-0.25, -0.2) is 4.79 Å². The summed E-state index contributed by atoms with van der Waals surface area (Å²) in [5, 5.41) is 8.93. The van der Waals surface area contributed by atoms with E-state index in [0.29, 0.717) is 6.54 Å². The second-order valence-corrected chi connectivity index (χ2v) is 5.05. The van der Waals surface area contributed by atoms with E-state index in [1.165, 1.54) is 23.3 Å². The Kier molecular flexibility index (Phi) is 4.55. The summed E-state index contributed by atoms with van der Waals surface area (Å²) in [6.07, 6.45) is 6.54. The molecule has 1 aliphatic carbocycles. The van der Waals surface area contributed by atoms with Crippen molar-refractivity contribution >= 4 is 0 Å². The summed E-state index contributed by atoms with van der Waals surface area (Å²) in [5.41, 5.74) is -1.21. The molecular formula is C13H20N2O4. The molecule has 6 heteroatoms. The number of nitrogens with one attached hydrogen (secondary N) is 1. The summed E-state index contributed by atoms with van der Waals surface area (Å²) >= 11 is 0.